The molecule has 1 heterocycles. The van der Waals surface area contributed by atoms with Crippen molar-refractivity contribution in [1.29, 1.82) is 0 Å². The molecule has 0 atom stereocenters. The van der Waals surface area contributed by atoms with Crippen LogP contribution in [-0.2, 0) is 6.54 Å². The standard InChI is InChI=1S/C27H26FN3O5/c1-33-22-13-17(14-23(34-2)26(22)36-4)15-29-27(32)19-10-12-21-24(25(19)35-3)20(30-31-21)11-7-16-5-8-18(28)9-6-16/h5-14H,15H2,1-4H3,(H,29,32)(H,30,31). The number of nitrogens with one attached hydrogen (secondary N) is 2. The number of hydrogen-bond acceptors (Lipinski definition) is 6. The molecule has 0 unspecified atom stereocenters. The molecule has 0 aliphatic carbocycles. The van der Waals surface area contributed by atoms with Crippen molar-refractivity contribution in [2.24, 2.45) is 0 Å². The first-order valence-corrected chi connectivity index (χ1v) is 11.0. The van der Waals surface area contributed by atoms with Crippen molar-refractivity contribution in [2.75, 3.05) is 28.4 Å². The minimum absolute atomic E-state index is 0.222. The molecule has 1 aromatic heterocycles. The van der Waals surface area contributed by atoms with Crippen LogP contribution in [0, 0.1) is 5.82 Å². The normalized spacial score (nSPS) is 11.0. The van der Waals surface area contributed by atoms with Crippen molar-refractivity contribution in [3.8, 4) is 23.0 Å². The molecule has 3 aromatic carbocycles. The van der Waals surface area contributed by atoms with Crippen LogP contribution in [0.5, 0.6) is 23.0 Å². The Bertz CT molecular complexity index is 1390. The third-order valence-corrected chi connectivity index (χ3v) is 5.64. The Morgan fingerprint density at radius 3 is 2.19 bits per heavy atom. The van der Waals surface area contributed by atoms with Crippen LogP contribution in [0.2, 0.25) is 0 Å². The Morgan fingerprint density at radius 2 is 1.58 bits per heavy atom. The third-order valence-electron chi connectivity index (χ3n) is 5.64. The highest BCUT2D eigenvalue weighted by molar-refractivity contribution is 6.05. The van der Waals surface area contributed by atoms with E-state index in [2.05, 4.69) is 15.5 Å². The van der Waals surface area contributed by atoms with Crippen molar-refractivity contribution in [2.45, 2.75) is 6.54 Å². The Morgan fingerprint density at radius 1 is 0.917 bits per heavy atom. The van der Waals surface area contributed by atoms with Gasteiger partial charge in [-0.05, 0) is 53.6 Å². The van der Waals surface area contributed by atoms with E-state index in [1.807, 2.05) is 6.08 Å². The van der Waals surface area contributed by atoms with Gasteiger partial charge in [-0.15, -0.1) is 0 Å². The zero-order chi connectivity index (χ0) is 25.7. The number of aromatic amines is 1. The lowest BCUT2D eigenvalue weighted by Crippen LogP contribution is -2.23. The summed E-state index contributed by atoms with van der Waals surface area (Å²) in [7, 11) is 6.11. The number of benzene rings is 3. The summed E-state index contributed by atoms with van der Waals surface area (Å²) in [5, 5.41) is 10.9. The molecule has 0 aliphatic rings. The molecule has 8 nitrogen and oxygen atoms in total. The highest BCUT2D eigenvalue weighted by Crippen LogP contribution is 2.38. The monoisotopic (exact) mass is 491 g/mol. The van der Waals surface area contributed by atoms with E-state index in [9.17, 15) is 9.18 Å². The van der Waals surface area contributed by atoms with Crippen molar-refractivity contribution < 1.29 is 28.1 Å². The summed E-state index contributed by atoms with van der Waals surface area (Å²) in [6.07, 6.45) is 3.60. The first kappa shape index (κ1) is 24.6. The Balaban J connectivity index is 1.61. The average molecular weight is 492 g/mol. The largest absolute Gasteiger partial charge is 0.495 e. The van der Waals surface area contributed by atoms with Gasteiger partial charge < -0.3 is 24.3 Å². The van der Waals surface area contributed by atoms with Gasteiger partial charge in [0.15, 0.2) is 11.5 Å². The van der Waals surface area contributed by atoms with E-state index in [-0.39, 0.29) is 18.3 Å². The Hall–Kier alpha value is -4.53. The van der Waals surface area contributed by atoms with E-state index in [1.54, 1.807) is 42.5 Å². The first-order valence-electron chi connectivity index (χ1n) is 11.0. The van der Waals surface area contributed by atoms with Crippen LogP contribution in [-0.4, -0.2) is 44.5 Å². The Kier molecular flexibility index (Phi) is 7.39. The van der Waals surface area contributed by atoms with Gasteiger partial charge in [-0.3, -0.25) is 9.89 Å². The van der Waals surface area contributed by atoms with E-state index in [0.717, 1.165) is 11.1 Å². The molecule has 9 heteroatoms. The van der Waals surface area contributed by atoms with Gasteiger partial charge in [0.05, 0.1) is 50.6 Å². The van der Waals surface area contributed by atoms with Gasteiger partial charge in [-0.1, -0.05) is 18.2 Å². The third kappa shape index (κ3) is 4.95. The van der Waals surface area contributed by atoms with E-state index >= 15 is 0 Å². The van der Waals surface area contributed by atoms with Crippen LogP contribution in [0.25, 0.3) is 23.1 Å². The smallest absolute Gasteiger partial charge is 0.255 e. The number of methoxy groups -OCH3 is 4. The second-order valence-electron chi connectivity index (χ2n) is 7.78. The van der Waals surface area contributed by atoms with E-state index in [0.29, 0.717) is 45.2 Å². The van der Waals surface area contributed by atoms with Gasteiger partial charge in [-0.25, -0.2) is 4.39 Å². The van der Waals surface area contributed by atoms with Gasteiger partial charge in [0.25, 0.3) is 5.91 Å². The average Bonchev–Trinajstić information content (AvgIpc) is 3.33. The number of fused-ring (bicyclic) bond motifs is 1. The number of H-pyrrole nitrogens is 1. The molecule has 186 valence electrons. The van der Waals surface area contributed by atoms with E-state index < -0.39 is 0 Å². The maximum Gasteiger partial charge on any atom is 0.255 e. The van der Waals surface area contributed by atoms with E-state index in [1.165, 1.54) is 40.6 Å². The SMILES string of the molecule is COc1cc(CNC(=O)c2ccc3[nH]nc(C=Cc4ccc(F)cc4)c3c2OC)cc(OC)c1OC. The molecule has 2 N–H and O–H groups in total. The predicted octanol–water partition coefficient (Wildman–Crippen LogP) is 4.84. The number of ether oxygens (including phenoxy) is 4. The zero-order valence-electron chi connectivity index (χ0n) is 20.3. The summed E-state index contributed by atoms with van der Waals surface area (Å²) in [6.45, 7) is 0.222. The lowest BCUT2D eigenvalue weighted by molar-refractivity contribution is 0.0948. The quantitative estimate of drug-likeness (QED) is 0.348. The molecule has 4 aromatic rings. The minimum atomic E-state index is -0.322. The number of rotatable bonds is 9. The number of carbonyl (C=O) groups excluding carboxylic acids is 1. The fourth-order valence-electron chi connectivity index (χ4n) is 3.88. The molecule has 36 heavy (non-hydrogen) atoms. The molecular formula is C27H26FN3O5. The number of nitrogens with zero attached hydrogens (tertiary/aromatic N) is 1. The zero-order valence-corrected chi connectivity index (χ0v) is 20.3. The molecule has 0 fully saturated rings. The lowest BCUT2D eigenvalue weighted by Gasteiger charge is -2.15. The topological polar surface area (TPSA) is 94.7 Å². The molecule has 0 radical (unpaired) electrons. The Labute approximate surface area is 207 Å². The van der Waals surface area contributed by atoms with Gasteiger partial charge in [0, 0.05) is 6.54 Å². The van der Waals surface area contributed by atoms with Crippen LogP contribution in [0.1, 0.15) is 27.2 Å². The molecule has 0 saturated carbocycles. The van der Waals surface area contributed by atoms with Gasteiger partial charge in [-0.2, -0.15) is 5.10 Å². The number of carbonyl (C=O) groups is 1. The van der Waals surface area contributed by atoms with Gasteiger partial charge in [0.1, 0.15) is 11.6 Å². The van der Waals surface area contributed by atoms with Crippen LogP contribution in [0.15, 0.2) is 48.5 Å². The molecule has 0 aliphatic heterocycles. The maximum atomic E-state index is 13.2. The van der Waals surface area contributed by atoms with Crippen LogP contribution >= 0.6 is 0 Å². The van der Waals surface area contributed by atoms with Crippen LogP contribution in [0.4, 0.5) is 4.39 Å². The van der Waals surface area contributed by atoms with Crippen LogP contribution < -0.4 is 24.3 Å². The second kappa shape index (κ2) is 10.8. The predicted molar refractivity (Wildman–Crippen MR) is 135 cm³/mol. The molecule has 1 amide bonds. The van der Waals surface area contributed by atoms with Crippen molar-refractivity contribution in [1.82, 2.24) is 15.5 Å². The van der Waals surface area contributed by atoms with Crippen molar-refractivity contribution in [3.63, 3.8) is 0 Å². The molecule has 0 spiro atoms. The molecule has 4 rings (SSSR count). The number of hydrogen-bond donors (Lipinski definition) is 2. The van der Waals surface area contributed by atoms with Gasteiger partial charge in [0.2, 0.25) is 5.75 Å². The van der Waals surface area contributed by atoms with Gasteiger partial charge >= 0.3 is 0 Å². The first-order chi connectivity index (χ1) is 17.5. The summed E-state index contributed by atoms with van der Waals surface area (Å²) >= 11 is 0. The highest BCUT2D eigenvalue weighted by Gasteiger charge is 2.19. The van der Waals surface area contributed by atoms with E-state index in [4.69, 9.17) is 18.9 Å². The fraction of sp³-hybridized carbons (Fsp3) is 0.185. The summed E-state index contributed by atoms with van der Waals surface area (Å²) in [5.41, 5.74) is 3.24. The molecular weight excluding hydrogens is 465 g/mol. The van der Waals surface area contributed by atoms with Crippen LogP contribution in [0.3, 0.4) is 0 Å². The minimum Gasteiger partial charge on any atom is -0.495 e. The van der Waals surface area contributed by atoms with Crippen molar-refractivity contribution in [3.05, 3.63) is 76.7 Å². The second-order valence-corrected chi connectivity index (χ2v) is 7.78. The number of halogens is 1. The molecule has 0 saturated heterocycles. The molecule has 0 bridgehead atoms. The summed E-state index contributed by atoms with van der Waals surface area (Å²) < 4.78 is 35.0. The number of aromatic nitrogens is 2. The summed E-state index contributed by atoms with van der Waals surface area (Å²) in [5.74, 6) is 1.23. The number of amides is 1. The summed E-state index contributed by atoms with van der Waals surface area (Å²) in [4.78, 5) is 13.2. The lowest BCUT2D eigenvalue weighted by atomic mass is 10.1. The van der Waals surface area contributed by atoms with Crippen molar-refractivity contribution >= 4 is 29.0 Å². The fourth-order valence-corrected chi connectivity index (χ4v) is 3.88. The maximum absolute atomic E-state index is 13.2. The highest BCUT2D eigenvalue weighted by atomic mass is 19.1. The summed E-state index contributed by atoms with van der Waals surface area (Å²) in [6, 6.07) is 13.1.